The van der Waals surface area contributed by atoms with E-state index in [9.17, 15) is 9.59 Å². The second-order valence-electron chi connectivity index (χ2n) is 5.55. The van der Waals surface area contributed by atoms with Gasteiger partial charge < -0.3 is 14.8 Å². The summed E-state index contributed by atoms with van der Waals surface area (Å²) in [4.78, 5) is 29.7. The number of hydrogen-bond acceptors (Lipinski definition) is 5. The van der Waals surface area contributed by atoms with Crippen molar-refractivity contribution < 1.29 is 14.6 Å². The van der Waals surface area contributed by atoms with Gasteiger partial charge in [-0.05, 0) is 18.4 Å². The number of nitrogens with zero attached hydrogens (tertiary/aromatic N) is 1. The summed E-state index contributed by atoms with van der Waals surface area (Å²) in [6.07, 6.45) is 2.19. The second-order valence-corrected chi connectivity index (χ2v) is 6.64. The highest BCUT2D eigenvalue weighted by atomic mass is 32.2. The van der Waals surface area contributed by atoms with Crippen LogP contribution in [-0.4, -0.2) is 33.9 Å². The number of carboxylic acid groups (broad SMARTS) is 1. The zero-order chi connectivity index (χ0) is 18.1. The van der Waals surface area contributed by atoms with Crippen LogP contribution in [0, 0.1) is 0 Å². The van der Waals surface area contributed by atoms with Gasteiger partial charge in [-0.3, -0.25) is 9.59 Å². The molecule has 0 saturated heterocycles. The van der Waals surface area contributed by atoms with E-state index >= 15 is 0 Å². The molecule has 0 saturated carbocycles. The van der Waals surface area contributed by atoms with E-state index in [1.54, 1.807) is 7.11 Å². The van der Waals surface area contributed by atoms with Crippen molar-refractivity contribution in [3.8, 4) is 0 Å². The molecule has 25 heavy (non-hydrogen) atoms. The maximum atomic E-state index is 11.9. The molecule has 2 N–H and O–H groups in total. The molecule has 0 fully saturated rings. The summed E-state index contributed by atoms with van der Waals surface area (Å²) < 4.78 is 5.53. The maximum absolute atomic E-state index is 11.9. The first-order valence-corrected chi connectivity index (χ1v) is 9.12. The Morgan fingerprint density at radius 2 is 2.04 bits per heavy atom. The fraction of sp³-hybridized carbons (Fsp3) is 0.389. The number of aromatic amines is 1. The molecule has 1 aromatic heterocycles. The molecule has 0 aliphatic rings. The van der Waals surface area contributed by atoms with Gasteiger partial charge in [0.1, 0.15) is 6.10 Å². The van der Waals surface area contributed by atoms with Gasteiger partial charge in [-0.1, -0.05) is 48.5 Å². The summed E-state index contributed by atoms with van der Waals surface area (Å²) in [6.45, 7) is 0. The van der Waals surface area contributed by atoms with E-state index in [1.165, 1.54) is 17.8 Å². The number of rotatable bonds is 10. The van der Waals surface area contributed by atoms with Gasteiger partial charge >= 0.3 is 5.97 Å². The molecule has 0 aliphatic heterocycles. The Kier molecular flexibility index (Phi) is 7.69. The lowest BCUT2D eigenvalue weighted by Gasteiger charge is -2.15. The summed E-state index contributed by atoms with van der Waals surface area (Å²) in [6, 6.07) is 11.1. The molecule has 0 aliphatic carbocycles. The minimum absolute atomic E-state index is 0.196. The molecule has 6 nitrogen and oxygen atoms in total. The Hall–Kier alpha value is -2.12. The van der Waals surface area contributed by atoms with Crippen molar-refractivity contribution in [3.05, 3.63) is 58.0 Å². The molecule has 134 valence electrons. The fourth-order valence-corrected chi connectivity index (χ4v) is 3.32. The number of thioether (sulfide) groups is 1. The number of nitrogens with one attached hydrogen (secondary N) is 1. The number of aromatic nitrogens is 2. The van der Waals surface area contributed by atoms with E-state index in [1.807, 2.05) is 30.3 Å². The van der Waals surface area contributed by atoms with Crippen molar-refractivity contribution in [2.24, 2.45) is 0 Å². The normalized spacial score (nSPS) is 12.0. The van der Waals surface area contributed by atoms with E-state index in [4.69, 9.17) is 9.84 Å². The molecule has 2 aromatic rings. The monoisotopic (exact) mass is 362 g/mol. The van der Waals surface area contributed by atoms with E-state index in [2.05, 4.69) is 9.97 Å². The number of carboxylic acids is 1. The van der Waals surface area contributed by atoms with Gasteiger partial charge in [-0.2, -0.15) is 0 Å². The lowest BCUT2D eigenvalue weighted by Crippen LogP contribution is -2.14. The van der Waals surface area contributed by atoms with Crippen LogP contribution in [-0.2, 0) is 9.53 Å². The van der Waals surface area contributed by atoms with Gasteiger partial charge in [0.25, 0.3) is 5.56 Å². The Balaban J connectivity index is 1.99. The number of methoxy groups -OCH3 is 1. The minimum atomic E-state index is -0.766. The summed E-state index contributed by atoms with van der Waals surface area (Å²) >= 11 is 1.46. The summed E-state index contributed by atoms with van der Waals surface area (Å²) in [5.74, 6) is 0.00695. The first kappa shape index (κ1) is 19.2. The number of ether oxygens (including phenoxy) is 1. The smallest absolute Gasteiger partial charge is 0.303 e. The number of H-pyrrole nitrogens is 1. The highest BCUT2D eigenvalue weighted by Gasteiger charge is 2.16. The van der Waals surface area contributed by atoms with Gasteiger partial charge in [-0.15, -0.1) is 0 Å². The third-order valence-corrected chi connectivity index (χ3v) is 4.58. The number of carbonyl (C=O) groups is 1. The van der Waals surface area contributed by atoms with Gasteiger partial charge in [0, 0.05) is 25.3 Å². The molecule has 2 rings (SSSR count). The fourth-order valence-electron chi connectivity index (χ4n) is 2.44. The highest BCUT2D eigenvalue weighted by Crippen LogP contribution is 2.24. The third kappa shape index (κ3) is 6.36. The zero-order valence-corrected chi connectivity index (χ0v) is 14.9. The summed E-state index contributed by atoms with van der Waals surface area (Å²) in [5.41, 5.74) is 1.30. The molecule has 1 atom stereocenters. The lowest BCUT2D eigenvalue weighted by atomic mass is 10.1. The van der Waals surface area contributed by atoms with Crippen LogP contribution in [0.25, 0.3) is 0 Å². The predicted molar refractivity (Wildman–Crippen MR) is 97.0 cm³/mol. The van der Waals surface area contributed by atoms with Gasteiger partial charge in [-0.25, -0.2) is 4.98 Å². The molecular formula is C18H22N2O4S. The van der Waals surface area contributed by atoms with E-state index in [0.29, 0.717) is 17.3 Å². The van der Waals surface area contributed by atoms with Crippen molar-refractivity contribution in [1.29, 1.82) is 0 Å². The van der Waals surface area contributed by atoms with Crippen molar-refractivity contribution >= 4 is 17.7 Å². The molecule has 1 heterocycles. The standard InChI is InChI=1S/C18H22N2O4S/c1-24-17(13-8-4-2-5-9-13)14-12-15(21)20-18(19-14)25-11-7-3-6-10-16(22)23/h2,4-5,8-9,12,17H,3,6-7,10-11H2,1H3,(H,22,23)(H,19,20,21). The zero-order valence-electron chi connectivity index (χ0n) is 14.1. The number of benzene rings is 1. The number of unbranched alkanes of at least 4 members (excludes halogenated alkanes) is 2. The average Bonchev–Trinajstić information content (AvgIpc) is 2.59. The molecule has 0 amide bonds. The highest BCUT2D eigenvalue weighted by molar-refractivity contribution is 7.99. The van der Waals surface area contributed by atoms with Crippen LogP contribution in [0.3, 0.4) is 0 Å². The molecule has 7 heteroatoms. The number of hydrogen-bond donors (Lipinski definition) is 2. The second kappa shape index (κ2) is 10.0. The molecule has 0 spiro atoms. The quantitative estimate of drug-likeness (QED) is 0.383. The van der Waals surface area contributed by atoms with Crippen LogP contribution >= 0.6 is 11.8 Å². The number of aliphatic carboxylic acids is 1. The summed E-state index contributed by atoms with van der Waals surface area (Å²) in [5, 5.41) is 9.17. The average molecular weight is 362 g/mol. The van der Waals surface area contributed by atoms with E-state index in [-0.39, 0.29) is 12.0 Å². The molecule has 0 bridgehead atoms. The Labute approximate surface area is 150 Å². The third-order valence-electron chi connectivity index (χ3n) is 3.62. The molecule has 1 unspecified atom stereocenters. The van der Waals surface area contributed by atoms with Crippen molar-refractivity contribution in [1.82, 2.24) is 9.97 Å². The van der Waals surface area contributed by atoms with Crippen molar-refractivity contribution in [2.75, 3.05) is 12.9 Å². The maximum Gasteiger partial charge on any atom is 0.303 e. The molecular weight excluding hydrogens is 340 g/mol. The first-order chi connectivity index (χ1) is 12.1. The minimum Gasteiger partial charge on any atom is -0.481 e. The SMILES string of the molecule is COC(c1ccccc1)c1cc(=O)[nH]c(SCCCCCC(=O)O)n1. The Bertz CT molecular complexity index is 733. The topological polar surface area (TPSA) is 92.3 Å². The lowest BCUT2D eigenvalue weighted by molar-refractivity contribution is -0.137. The van der Waals surface area contributed by atoms with Gasteiger partial charge in [0.05, 0.1) is 5.69 Å². The van der Waals surface area contributed by atoms with Crippen LogP contribution in [0.2, 0.25) is 0 Å². The van der Waals surface area contributed by atoms with E-state index in [0.717, 1.165) is 24.2 Å². The van der Waals surface area contributed by atoms with Gasteiger partial charge in [0.2, 0.25) is 0 Å². The van der Waals surface area contributed by atoms with E-state index < -0.39 is 12.1 Å². The Morgan fingerprint density at radius 1 is 1.28 bits per heavy atom. The predicted octanol–water partition coefficient (Wildman–Crippen LogP) is 3.24. The Morgan fingerprint density at radius 3 is 2.72 bits per heavy atom. The largest absolute Gasteiger partial charge is 0.481 e. The van der Waals surface area contributed by atoms with Crippen LogP contribution in [0.5, 0.6) is 0 Å². The van der Waals surface area contributed by atoms with Crippen LogP contribution in [0.1, 0.15) is 43.0 Å². The van der Waals surface area contributed by atoms with Crippen LogP contribution in [0.4, 0.5) is 0 Å². The van der Waals surface area contributed by atoms with Crippen LogP contribution < -0.4 is 5.56 Å². The molecule has 1 aromatic carbocycles. The first-order valence-electron chi connectivity index (χ1n) is 8.13. The van der Waals surface area contributed by atoms with Crippen LogP contribution in [0.15, 0.2) is 46.3 Å². The van der Waals surface area contributed by atoms with Crippen molar-refractivity contribution in [2.45, 2.75) is 36.9 Å². The molecule has 0 radical (unpaired) electrons. The van der Waals surface area contributed by atoms with Gasteiger partial charge in [0.15, 0.2) is 5.16 Å². The summed E-state index contributed by atoms with van der Waals surface area (Å²) in [7, 11) is 1.59. The van der Waals surface area contributed by atoms with Crippen molar-refractivity contribution in [3.63, 3.8) is 0 Å².